The molecule has 0 radical (unpaired) electrons. The summed E-state index contributed by atoms with van der Waals surface area (Å²) in [7, 11) is 1.63. The van der Waals surface area contributed by atoms with Gasteiger partial charge >= 0.3 is 0 Å². The number of halogens is 1. The Morgan fingerprint density at radius 2 is 2.09 bits per heavy atom. The number of ether oxygens (including phenoxy) is 2. The molecule has 0 amide bonds. The van der Waals surface area contributed by atoms with Gasteiger partial charge in [-0.1, -0.05) is 12.2 Å². The fourth-order valence-corrected chi connectivity index (χ4v) is 2.53. The van der Waals surface area contributed by atoms with E-state index in [1.165, 1.54) is 6.26 Å². The maximum absolute atomic E-state index is 9.24. The second-order valence-corrected chi connectivity index (χ2v) is 5.80. The Hall–Kier alpha value is -0.930. The number of hydrogen-bond acceptors (Lipinski definition) is 7. The molecule has 0 atom stereocenters. The number of furan rings is 1. The van der Waals surface area contributed by atoms with Crippen LogP contribution in [0.25, 0.3) is 11.2 Å². The molecule has 2 heterocycles. The van der Waals surface area contributed by atoms with Crippen LogP contribution in [0.4, 0.5) is 5.88 Å². The van der Waals surface area contributed by atoms with Crippen molar-refractivity contribution in [1.29, 1.82) is 0 Å². The van der Waals surface area contributed by atoms with Gasteiger partial charge in [-0.05, 0) is 15.9 Å². The number of anilines is 1. The molecule has 22 heavy (non-hydrogen) atoms. The van der Waals surface area contributed by atoms with Crippen molar-refractivity contribution in [2.75, 3.05) is 51.5 Å². The first kappa shape index (κ1) is 17.4. The van der Waals surface area contributed by atoms with Crippen LogP contribution in [0.1, 0.15) is 0 Å². The van der Waals surface area contributed by atoms with E-state index in [1.807, 2.05) is 4.90 Å². The van der Waals surface area contributed by atoms with Gasteiger partial charge in [-0.2, -0.15) is 0 Å². The predicted molar refractivity (Wildman–Crippen MR) is 89.0 cm³/mol. The van der Waals surface area contributed by atoms with Gasteiger partial charge in [0.1, 0.15) is 6.26 Å². The first-order valence-electron chi connectivity index (χ1n) is 6.80. The molecule has 0 aliphatic carbocycles. The van der Waals surface area contributed by atoms with Crippen LogP contribution in [0.15, 0.2) is 25.6 Å². The van der Waals surface area contributed by atoms with Crippen molar-refractivity contribution < 1.29 is 23.4 Å². The zero-order valence-electron chi connectivity index (χ0n) is 12.2. The largest absolute Gasteiger partial charge is 0.458 e. The Kier molecular flexibility index (Phi) is 6.84. The SMILES string of the molecule is COCCOCCN(CCO)c1cc(=S)c2occ(Br)c2o1. The van der Waals surface area contributed by atoms with E-state index in [9.17, 15) is 5.11 Å². The molecule has 0 saturated carbocycles. The summed E-state index contributed by atoms with van der Waals surface area (Å²) in [5.74, 6) is 0.573. The highest BCUT2D eigenvalue weighted by Gasteiger charge is 2.14. The van der Waals surface area contributed by atoms with Gasteiger partial charge in [0.15, 0.2) is 17.1 Å². The smallest absolute Gasteiger partial charge is 0.198 e. The van der Waals surface area contributed by atoms with Gasteiger partial charge < -0.3 is 28.3 Å². The Morgan fingerprint density at radius 3 is 2.82 bits per heavy atom. The lowest BCUT2D eigenvalue weighted by atomic mass is 10.4. The summed E-state index contributed by atoms with van der Waals surface area (Å²) < 4.78 is 22.8. The highest BCUT2D eigenvalue weighted by molar-refractivity contribution is 9.10. The zero-order valence-corrected chi connectivity index (χ0v) is 14.6. The number of hydrogen-bond donors (Lipinski definition) is 1. The van der Waals surface area contributed by atoms with Crippen molar-refractivity contribution in [3.63, 3.8) is 0 Å². The van der Waals surface area contributed by atoms with Crippen LogP contribution >= 0.6 is 28.1 Å². The van der Waals surface area contributed by atoms with Gasteiger partial charge in [0.05, 0.1) is 35.4 Å². The molecular weight excluding hydrogens is 374 g/mol. The zero-order chi connectivity index (χ0) is 15.9. The van der Waals surface area contributed by atoms with Crippen molar-refractivity contribution >= 4 is 45.2 Å². The lowest BCUT2D eigenvalue weighted by molar-refractivity contribution is 0.0735. The van der Waals surface area contributed by atoms with Crippen molar-refractivity contribution in [2.45, 2.75) is 0 Å². The average Bonchev–Trinajstić information content (AvgIpc) is 2.88. The fraction of sp³-hybridized carbons (Fsp3) is 0.500. The highest BCUT2D eigenvalue weighted by atomic mass is 79.9. The van der Waals surface area contributed by atoms with Crippen LogP contribution < -0.4 is 4.90 Å². The van der Waals surface area contributed by atoms with Crippen molar-refractivity contribution in [1.82, 2.24) is 0 Å². The minimum Gasteiger partial charge on any atom is -0.458 e. The standard InChI is InChI=1S/C14H18BrNO5S/c1-18-6-7-19-5-3-16(2-4-17)12-8-11(22)14-13(21-12)10(15)9-20-14/h8-9,17H,2-7H2,1H3. The van der Waals surface area contributed by atoms with E-state index in [0.29, 0.717) is 58.9 Å². The number of methoxy groups -OCH3 is 1. The second kappa shape index (κ2) is 8.64. The molecule has 2 aromatic heterocycles. The number of aliphatic hydroxyl groups excluding tert-OH is 1. The highest BCUT2D eigenvalue weighted by Crippen LogP contribution is 2.31. The Labute approximate surface area is 141 Å². The van der Waals surface area contributed by atoms with Gasteiger partial charge in [0, 0.05) is 26.3 Å². The van der Waals surface area contributed by atoms with E-state index in [2.05, 4.69) is 15.9 Å². The Balaban J connectivity index is 2.13. The quantitative estimate of drug-likeness (QED) is 0.520. The first-order valence-corrected chi connectivity index (χ1v) is 8.01. The molecule has 1 N–H and O–H groups in total. The van der Waals surface area contributed by atoms with E-state index in [0.717, 1.165) is 0 Å². The van der Waals surface area contributed by atoms with E-state index in [4.69, 9.17) is 30.5 Å². The topological polar surface area (TPSA) is 68.2 Å². The van der Waals surface area contributed by atoms with Crippen molar-refractivity contribution in [3.8, 4) is 0 Å². The van der Waals surface area contributed by atoms with Crippen LogP contribution in [0, 0.1) is 4.51 Å². The summed E-state index contributed by atoms with van der Waals surface area (Å²) in [6, 6.07) is 1.72. The normalized spacial score (nSPS) is 11.2. The Bertz CT molecular complexity index is 656. The molecular formula is C14H18BrNO5S. The molecule has 122 valence electrons. The Morgan fingerprint density at radius 1 is 1.27 bits per heavy atom. The minimum atomic E-state index is 0.00491. The summed E-state index contributed by atoms with van der Waals surface area (Å²) in [5, 5.41) is 9.24. The lowest BCUT2D eigenvalue weighted by Crippen LogP contribution is -2.30. The third-order valence-electron chi connectivity index (χ3n) is 3.01. The maximum atomic E-state index is 9.24. The van der Waals surface area contributed by atoms with Crippen LogP contribution in [0.5, 0.6) is 0 Å². The number of rotatable bonds is 9. The molecule has 0 unspecified atom stereocenters. The maximum Gasteiger partial charge on any atom is 0.198 e. The summed E-state index contributed by atoms with van der Waals surface area (Å²) in [4.78, 5) is 1.88. The van der Waals surface area contributed by atoms with E-state index >= 15 is 0 Å². The van der Waals surface area contributed by atoms with Crippen LogP contribution in [-0.4, -0.2) is 51.7 Å². The average molecular weight is 392 g/mol. The van der Waals surface area contributed by atoms with E-state index in [-0.39, 0.29) is 6.61 Å². The van der Waals surface area contributed by atoms with Gasteiger partial charge in [0.2, 0.25) is 0 Å². The van der Waals surface area contributed by atoms with Gasteiger partial charge in [-0.15, -0.1) is 0 Å². The first-order chi connectivity index (χ1) is 10.7. The predicted octanol–water partition coefficient (Wildman–Crippen LogP) is 2.98. The van der Waals surface area contributed by atoms with Crippen LogP contribution in [0.3, 0.4) is 0 Å². The second-order valence-electron chi connectivity index (χ2n) is 4.51. The molecule has 8 heteroatoms. The van der Waals surface area contributed by atoms with Gasteiger partial charge in [-0.25, -0.2) is 0 Å². The summed E-state index contributed by atoms with van der Waals surface area (Å²) in [5.41, 5.74) is 1.09. The van der Waals surface area contributed by atoms with Crippen molar-refractivity contribution in [3.05, 3.63) is 21.3 Å². The summed E-state index contributed by atoms with van der Waals surface area (Å²) in [6.07, 6.45) is 1.54. The monoisotopic (exact) mass is 391 g/mol. The van der Waals surface area contributed by atoms with Crippen molar-refractivity contribution in [2.24, 2.45) is 0 Å². The summed E-state index contributed by atoms with van der Waals surface area (Å²) in [6.45, 7) is 2.57. The third-order valence-corrected chi connectivity index (χ3v) is 3.86. The number of nitrogens with zero attached hydrogens (tertiary/aromatic N) is 1. The van der Waals surface area contributed by atoms with Crippen LogP contribution in [0.2, 0.25) is 0 Å². The third kappa shape index (κ3) is 4.30. The van der Waals surface area contributed by atoms with Crippen LogP contribution in [-0.2, 0) is 9.47 Å². The lowest BCUT2D eigenvalue weighted by Gasteiger charge is -2.22. The minimum absolute atomic E-state index is 0.00491. The molecule has 0 saturated heterocycles. The summed E-state index contributed by atoms with van der Waals surface area (Å²) >= 11 is 8.68. The molecule has 0 aliphatic heterocycles. The molecule has 2 aromatic rings. The fourth-order valence-electron chi connectivity index (χ4n) is 1.93. The van der Waals surface area contributed by atoms with E-state index < -0.39 is 0 Å². The number of aliphatic hydroxyl groups is 1. The van der Waals surface area contributed by atoms with E-state index in [1.54, 1.807) is 13.2 Å². The molecule has 0 spiro atoms. The number of fused-ring (bicyclic) bond motifs is 1. The molecule has 0 bridgehead atoms. The molecule has 0 aliphatic rings. The van der Waals surface area contributed by atoms with Gasteiger partial charge in [-0.3, -0.25) is 0 Å². The molecule has 2 rings (SSSR count). The van der Waals surface area contributed by atoms with Gasteiger partial charge in [0.25, 0.3) is 0 Å². The molecule has 0 fully saturated rings. The molecule has 6 nitrogen and oxygen atoms in total. The molecule has 0 aromatic carbocycles.